The van der Waals surface area contributed by atoms with Gasteiger partial charge < -0.3 is 19.9 Å². The van der Waals surface area contributed by atoms with E-state index in [9.17, 15) is 14.7 Å². The Morgan fingerprint density at radius 3 is 2.55 bits per heavy atom. The summed E-state index contributed by atoms with van der Waals surface area (Å²) in [6.07, 6.45) is 1.25. The summed E-state index contributed by atoms with van der Waals surface area (Å²) >= 11 is 0. The third-order valence-electron chi connectivity index (χ3n) is 6.39. The molecule has 3 fully saturated rings. The molecule has 2 aromatic heterocycles. The Hall–Kier alpha value is -2.45. The molecule has 2 aromatic rings. The number of aromatic nitrogens is 2. The lowest BCUT2D eigenvalue weighted by molar-refractivity contribution is -0.209. The molecule has 31 heavy (non-hydrogen) atoms. The predicted octanol–water partition coefficient (Wildman–Crippen LogP) is 2.67. The number of fused-ring (bicyclic) bond motifs is 4. The molecule has 4 heterocycles. The number of amides is 1. The van der Waals surface area contributed by atoms with Crippen molar-refractivity contribution in [2.24, 2.45) is 0 Å². The Kier molecular flexibility index (Phi) is 5.34. The van der Waals surface area contributed by atoms with Gasteiger partial charge in [0.15, 0.2) is 0 Å². The van der Waals surface area contributed by atoms with E-state index < -0.39 is 28.9 Å². The molecule has 168 valence electrons. The van der Waals surface area contributed by atoms with Crippen LogP contribution in [0, 0.1) is 6.92 Å². The number of nitrogens with one attached hydrogen (secondary N) is 1. The Bertz CT molecular complexity index is 1030. The molecular formula is C23H31N3O5. The van der Waals surface area contributed by atoms with Gasteiger partial charge in [0.05, 0.1) is 24.3 Å². The summed E-state index contributed by atoms with van der Waals surface area (Å²) < 4.78 is 13.1. The molecular weight excluding hydrogens is 398 g/mol. The van der Waals surface area contributed by atoms with Crippen molar-refractivity contribution in [3.8, 4) is 0 Å². The first-order valence-electron chi connectivity index (χ1n) is 10.8. The summed E-state index contributed by atoms with van der Waals surface area (Å²) in [7, 11) is 0. The number of rotatable bonds is 4. The van der Waals surface area contributed by atoms with E-state index in [4.69, 9.17) is 9.47 Å². The number of hydrogen-bond donors (Lipinski definition) is 2. The van der Waals surface area contributed by atoms with Crippen molar-refractivity contribution in [1.29, 1.82) is 0 Å². The fourth-order valence-corrected chi connectivity index (χ4v) is 4.60. The lowest BCUT2D eigenvalue weighted by Gasteiger charge is -2.54. The molecule has 1 atom stereocenters. The number of hydrogen-bond acceptors (Lipinski definition) is 6. The highest BCUT2D eigenvalue weighted by molar-refractivity contribution is 5.75. The first-order valence-corrected chi connectivity index (χ1v) is 10.8. The largest absolute Gasteiger partial charge is 0.444 e. The van der Waals surface area contributed by atoms with E-state index in [0.717, 1.165) is 11.1 Å². The van der Waals surface area contributed by atoms with Gasteiger partial charge in [-0.2, -0.15) is 0 Å². The van der Waals surface area contributed by atoms with E-state index in [1.54, 1.807) is 6.07 Å². The van der Waals surface area contributed by atoms with Gasteiger partial charge in [-0.1, -0.05) is 0 Å². The van der Waals surface area contributed by atoms with Crippen LogP contribution in [0.1, 0.15) is 52.1 Å². The molecule has 2 N–H and O–H groups in total. The summed E-state index contributed by atoms with van der Waals surface area (Å²) in [5, 5.41) is 15.0. The molecule has 3 aliphatic rings. The van der Waals surface area contributed by atoms with Gasteiger partial charge in [0.25, 0.3) is 5.56 Å². The van der Waals surface area contributed by atoms with Crippen LogP contribution in [-0.2, 0) is 16.0 Å². The summed E-state index contributed by atoms with van der Waals surface area (Å²) in [5.74, 6) is 0. The fraction of sp³-hybridized carbons (Fsp3) is 0.609. The van der Waals surface area contributed by atoms with Gasteiger partial charge in [0.1, 0.15) is 17.4 Å². The van der Waals surface area contributed by atoms with E-state index >= 15 is 0 Å². The Labute approximate surface area is 181 Å². The number of carbonyl (C=O) groups is 1. The quantitative estimate of drug-likeness (QED) is 0.775. The Morgan fingerprint density at radius 1 is 1.26 bits per heavy atom. The zero-order chi connectivity index (χ0) is 22.4. The van der Waals surface area contributed by atoms with Crippen molar-refractivity contribution in [3.63, 3.8) is 0 Å². The smallest absolute Gasteiger partial charge is 0.408 e. The molecule has 1 unspecified atom stereocenters. The first-order chi connectivity index (χ1) is 14.5. The van der Waals surface area contributed by atoms with E-state index in [-0.39, 0.29) is 12.1 Å². The van der Waals surface area contributed by atoms with Gasteiger partial charge in [-0.15, -0.1) is 0 Å². The van der Waals surface area contributed by atoms with Crippen molar-refractivity contribution in [2.45, 2.75) is 82.8 Å². The highest BCUT2D eigenvalue weighted by Crippen LogP contribution is 2.45. The van der Waals surface area contributed by atoms with Crippen LogP contribution in [0.5, 0.6) is 0 Å². The normalized spacial score (nSPS) is 26.6. The van der Waals surface area contributed by atoms with Crippen molar-refractivity contribution in [2.75, 3.05) is 6.61 Å². The van der Waals surface area contributed by atoms with Crippen LogP contribution in [0.3, 0.4) is 0 Å². The maximum absolute atomic E-state index is 12.6. The van der Waals surface area contributed by atoms with Crippen molar-refractivity contribution in [3.05, 3.63) is 40.3 Å². The maximum atomic E-state index is 12.6. The third-order valence-corrected chi connectivity index (χ3v) is 6.39. The molecule has 8 heteroatoms. The highest BCUT2D eigenvalue weighted by atomic mass is 16.6. The zero-order valence-corrected chi connectivity index (χ0v) is 18.6. The molecule has 0 aromatic carbocycles. The van der Waals surface area contributed by atoms with Gasteiger partial charge in [-0.25, -0.2) is 9.78 Å². The van der Waals surface area contributed by atoms with Crippen LogP contribution >= 0.6 is 0 Å². The van der Waals surface area contributed by atoms with E-state index in [2.05, 4.69) is 10.3 Å². The summed E-state index contributed by atoms with van der Waals surface area (Å²) in [5.41, 5.74) is -0.599. The van der Waals surface area contributed by atoms with Crippen LogP contribution in [0.4, 0.5) is 4.79 Å². The lowest BCUT2D eigenvalue weighted by atomic mass is 9.69. The number of ether oxygens (including phenoxy) is 2. The van der Waals surface area contributed by atoms with Crippen molar-refractivity contribution in [1.82, 2.24) is 14.9 Å². The molecule has 1 saturated carbocycles. The van der Waals surface area contributed by atoms with Crippen LogP contribution < -0.4 is 10.9 Å². The first kappa shape index (κ1) is 21.8. The molecule has 0 radical (unpaired) electrons. The average Bonchev–Trinajstić information content (AvgIpc) is 2.69. The Morgan fingerprint density at radius 2 is 1.94 bits per heavy atom. The average molecular weight is 430 g/mol. The predicted molar refractivity (Wildman–Crippen MR) is 116 cm³/mol. The van der Waals surface area contributed by atoms with E-state index in [1.807, 2.05) is 39.8 Å². The number of nitrogens with zero attached hydrogens (tertiary/aromatic N) is 2. The second kappa shape index (κ2) is 7.60. The van der Waals surface area contributed by atoms with E-state index in [0.29, 0.717) is 37.9 Å². The molecule has 2 bridgehead atoms. The van der Waals surface area contributed by atoms with Crippen LogP contribution in [0.25, 0.3) is 11.0 Å². The fourth-order valence-electron chi connectivity index (χ4n) is 4.60. The Balaban J connectivity index is 1.49. The summed E-state index contributed by atoms with van der Waals surface area (Å²) in [4.78, 5) is 29.3. The minimum absolute atomic E-state index is 0.110. The number of alkyl carbamates (subject to hydrolysis) is 1. The number of aliphatic hydroxyl groups excluding tert-OH is 1. The van der Waals surface area contributed by atoms with Gasteiger partial charge in [0.2, 0.25) is 0 Å². The molecule has 1 aliphatic carbocycles. The standard InChI is InChI=1S/C23H31N3O5/c1-15-5-6-16-7-8-18(28)26(19(16)24-15)13-17(27)23-11-9-22(10-12-23,14-30-23)25-20(29)31-21(2,3)4/h5-8,17,27H,9-14H2,1-4H3,(H,25,29). The van der Waals surface area contributed by atoms with Gasteiger partial charge in [-0.05, 0) is 71.6 Å². The molecule has 1 amide bonds. The molecule has 2 saturated heterocycles. The minimum atomic E-state index is -0.863. The summed E-state index contributed by atoms with van der Waals surface area (Å²) in [6, 6.07) is 7.07. The number of pyridine rings is 2. The number of aliphatic hydroxyl groups is 1. The van der Waals surface area contributed by atoms with Crippen LogP contribution in [0.2, 0.25) is 0 Å². The van der Waals surface area contributed by atoms with Gasteiger partial charge in [0, 0.05) is 17.1 Å². The molecule has 2 aliphatic heterocycles. The topological polar surface area (TPSA) is 103 Å². The zero-order valence-electron chi connectivity index (χ0n) is 18.6. The minimum Gasteiger partial charge on any atom is -0.444 e. The second-order valence-electron chi connectivity index (χ2n) is 9.92. The third kappa shape index (κ3) is 4.32. The van der Waals surface area contributed by atoms with Crippen LogP contribution in [0.15, 0.2) is 29.1 Å². The SMILES string of the molecule is Cc1ccc2ccc(=O)n(CC(O)C34CCC(NC(=O)OC(C)(C)C)(CC3)CO4)c2n1. The number of aryl methyl sites for hydroxylation is 1. The lowest BCUT2D eigenvalue weighted by Crippen LogP contribution is -2.66. The van der Waals surface area contributed by atoms with Gasteiger partial charge >= 0.3 is 6.09 Å². The van der Waals surface area contributed by atoms with Crippen molar-refractivity contribution >= 4 is 17.1 Å². The summed E-state index contributed by atoms with van der Waals surface area (Å²) in [6.45, 7) is 7.78. The monoisotopic (exact) mass is 429 g/mol. The molecule has 5 rings (SSSR count). The van der Waals surface area contributed by atoms with Gasteiger partial charge in [-0.3, -0.25) is 9.36 Å². The maximum Gasteiger partial charge on any atom is 0.408 e. The molecule has 0 spiro atoms. The second-order valence-corrected chi connectivity index (χ2v) is 9.92. The number of carbonyl (C=O) groups excluding carboxylic acids is 1. The van der Waals surface area contributed by atoms with Crippen LogP contribution in [-0.4, -0.2) is 50.2 Å². The molecule has 8 nitrogen and oxygen atoms in total. The van der Waals surface area contributed by atoms with E-state index in [1.165, 1.54) is 10.6 Å². The van der Waals surface area contributed by atoms with Crippen molar-refractivity contribution < 1.29 is 19.4 Å². The highest BCUT2D eigenvalue weighted by Gasteiger charge is 2.54.